The molecule has 172 valence electrons. The molecule has 3 aliphatic rings. The van der Waals surface area contributed by atoms with Crippen molar-refractivity contribution >= 4 is 35.1 Å². The van der Waals surface area contributed by atoms with Crippen LogP contribution in [-0.2, 0) is 4.79 Å². The second-order valence-corrected chi connectivity index (χ2v) is 9.50. The van der Waals surface area contributed by atoms with Gasteiger partial charge in [-0.3, -0.25) is 9.69 Å². The first-order chi connectivity index (χ1) is 15.3. The molecule has 2 N–H and O–H groups in total. The fourth-order valence-corrected chi connectivity index (χ4v) is 5.70. The Kier molecular flexibility index (Phi) is 6.50. The van der Waals surface area contributed by atoms with Gasteiger partial charge in [0, 0.05) is 25.7 Å². The van der Waals surface area contributed by atoms with Crippen molar-refractivity contribution in [1.82, 2.24) is 9.88 Å². The third-order valence-corrected chi connectivity index (χ3v) is 7.41. The van der Waals surface area contributed by atoms with Crippen LogP contribution >= 0.6 is 11.6 Å². The van der Waals surface area contributed by atoms with Crippen molar-refractivity contribution in [2.24, 2.45) is 5.41 Å². The zero-order valence-corrected chi connectivity index (χ0v) is 18.8. The number of amides is 2. The number of anilines is 2. The Bertz CT molecular complexity index is 927. The van der Waals surface area contributed by atoms with Gasteiger partial charge in [0.15, 0.2) is 0 Å². The van der Waals surface area contributed by atoms with Gasteiger partial charge in [-0.15, -0.1) is 6.42 Å². The van der Waals surface area contributed by atoms with Crippen LogP contribution in [0.5, 0.6) is 0 Å². The lowest BCUT2D eigenvalue weighted by Crippen LogP contribution is -2.50. The van der Waals surface area contributed by atoms with Crippen molar-refractivity contribution in [3.63, 3.8) is 0 Å². The number of carboxylic acid groups (broad SMARTS) is 1. The molecule has 1 aromatic heterocycles. The van der Waals surface area contributed by atoms with Crippen LogP contribution in [0.2, 0.25) is 5.02 Å². The lowest BCUT2D eigenvalue weighted by molar-refractivity contribution is -0.139. The number of carbonyl (C=O) groups excluding carboxylic acids is 1. The minimum absolute atomic E-state index is 0.0952. The first kappa shape index (κ1) is 22.7. The van der Waals surface area contributed by atoms with Gasteiger partial charge in [0.2, 0.25) is 5.91 Å². The first-order valence-electron chi connectivity index (χ1n) is 11.2. The summed E-state index contributed by atoms with van der Waals surface area (Å²) in [4.78, 5) is 34.5. The van der Waals surface area contributed by atoms with E-state index in [-0.39, 0.29) is 24.6 Å². The van der Waals surface area contributed by atoms with E-state index in [1.165, 1.54) is 6.20 Å². The molecule has 1 spiro atoms. The summed E-state index contributed by atoms with van der Waals surface area (Å²) in [5.41, 5.74) is -0.118. The van der Waals surface area contributed by atoms with E-state index in [9.17, 15) is 19.8 Å². The molecule has 9 heteroatoms. The van der Waals surface area contributed by atoms with E-state index in [1.807, 2.05) is 9.80 Å². The molecular formula is C23H29ClN4O4. The van der Waals surface area contributed by atoms with Crippen LogP contribution in [-0.4, -0.2) is 70.4 Å². The van der Waals surface area contributed by atoms with Crippen molar-refractivity contribution in [3.05, 3.63) is 17.3 Å². The van der Waals surface area contributed by atoms with Crippen molar-refractivity contribution < 1.29 is 19.8 Å². The predicted octanol–water partition coefficient (Wildman–Crippen LogP) is 2.98. The number of hydrogen-bond acceptors (Lipinski definition) is 5. The number of hydrogen-bond donors (Lipinski definition) is 2. The summed E-state index contributed by atoms with van der Waals surface area (Å²) in [6, 6.07) is 1.78. The molecule has 2 aliphatic heterocycles. The molecule has 0 aromatic carbocycles. The molecule has 32 heavy (non-hydrogen) atoms. The van der Waals surface area contributed by atoms with Crippen LogP contribution in [0.25, 0.3) is 0 Å². The van der Waals surface area contributed by atoms with E-state index in [2.05, 4.69) is 10.9 Å². The highest BCUT2D eigenvalue weighted by Gasteiger charge is 2.51. The molecule has 1 aliphatic carbocycles. The number of nitrogens with zero attached hydrogens (tertiary/aromatic N) is 4. The average molecular weight is 461 g/mol. The number of aromatic nitrogens is 1. The van der Waals surface area contributed by atoms with Gasteiger partial charge in [-0.05, 0) is 51.0 Å². The van der Waals surface area contributed by atoms with Gasteiger partial charge in [-0.25, -0.2) is 9.78 Å². The second kappa shape index (κ2) is 9.16. The van der Waals surface area contributed by atoms with Gasteiger partial charge in [-0.1, -0.05) is 17.5 Å². The van der Waals surface area contributed by atoms with Crippen LogP contribution in [0.4, 0.5) is 16.3 Å². The number of aliphatic hydroxyl groups excluding tert-OH is 1. The SMILES string of the molecule is C#CCN(C(=O)O)c1cnc(N2CCC[C@]3(CCN([C@H]4CC[C@H](O)CC4)C3=O)C2)c(Cl)c1. The zero-order valence-electron chi connectivity index (χ0n) is 18.0. The third-order valence-electron chi connectivity index (χ3n) is 7.13. The monoisotopic (exact) mass is 460 g/mol. The standard InChI is InChI=1S/C23H29ClN4O4/c1-2-10-28(22(31)32)17-13-19(24)20(25-14-17)26-11-3-8-23(15-26)9-12-27(21(23)30)16-4-6-18(29)7-5-16/h1,13-14,16,18,29H,3-12,15H2,(H,31,32)/t16-,18-,23-/m0/s1. The van der Waals surface area contributed by atoms with E-state index in [0.717, 1.165) is 62.9 Å². The average Bonchev–Trinajstić information content (AvgIpc) is 3.07. The van der Waals surface area contributed by atoms with Gasteiger partial charge in [-0.2, -0.15) is 0 Å². The highest BCUT2D eigenvalue weighted by atomic mass is 35.5. The Balaban J connectivity index is 1.50. The normalized spacial score (nSPS) is 28.1. The quantitative estimate of drug-likeness (QED) is 0.670. The second-order valence-electron chi connectivity index (χ2n) is 9.09. The summed E-state index contributed by atoms with van der Waals surface area (Å²) in [7, 11) is 0. The zero-order chi connectivity index (χ0) is 22.9. The summed E-state index contributed by atoms with van der Waals surface area (Å²) >= 11 is 6.51. The maximum Gasteiger partial charge on any atom is 0.412 e. The van der Waals surface area contributed by atoms with Crippen LogP contribution in [0.15, 0.2) is 12.3 Å². The Labute approximate surface area is 193 Å². The van der Waals surface area contributed by atoms with Gasteiger partial charge in [0.25, 0.3) is 0 Å². The number of likely N-dealkylation sites (tertiary alicyclic amines) is 1. The number of pyridine rings is 1. The predicted molar refractivity (Wildman–Crippen MR) is 122 cm³/mol. The molecule has 1 aromatic rings. The van der Waals surface area contributed by atoms with Gasteiger partial charge >= 0.3 is 6.09 Å². The van der Waals surface area contributed by atoms with E-state index < -0.39 is 11.5 Å². The van der Waals surface area contributed by atoms with Crippen molar-refractivity contribution in [2.75, 3.05) is 36.0 Å². The Hall–Kier alpha value is -2.50. The molecule has 0 unspecified atom stereocenters. The van der Waals surface area contributed by atoms with E-state index in [4.69, 9.17) is 18.0 Å². The number of piperidine rings is 1. The molecule has 0 radical (unpaired) electrons. The highest BCUT2D eigenvalue weighted by Crippen LogP contribution is 2.44. The molecule has 3 fully saturated rings. The molecule has 2 saturated heterocycles. The van der Waals surface area contributed by atoms with Gasteiger partial charge in [0.1, 0.15) is 5.82 Å². The van der Waals surface area contributed by atoms with E-state index in [1.54, 1.807) is 6.07 Å². The minimum Gasteiger partial charge on any atom is -0.465 e. The fourth-order valence-electron chi connectivity index (χ4n) is 5.42. The van der Waals surface area contributed by atoms with Crippen LogP contribution in [0, 0.1) is 17.8 Å². The maximum atomic E-state index is 13.5. The summed E-state index contributed by atoms with van der Waals surface area (Å²) in [6.45, 7) is 1.95. The largest absolute Gasteiger partial charge is 0.465 e. The lowest BCUT2D eigenvalue weighted by Gasteiger charge is -2.41. The molecule has 1 atom stereocenters. The van der Waals surface area contributed by atoms with Crippen molar-refractivity contribution in [2.45, 2.75) is 57.1 Å². The first-order valence-corrected chi connectivity index (χ1v) is 11.6. The van der Waals surface area contributed by atoms with Crippen molar-refractivity contribution in [1.29, 1.82) is 0 Å². The summed E-state index contributed by atoms with van der Waals surface area (Å²) in [6.07, 6.45) is 11.1. The van der Waals surface area contributed by atoms with E-state index >= 15 is 0 Å². The number of aliphatic hydroxyl groups is 1. The Morgan fingerprint density at radius 3 is 2.72 bits per heavy atom. The molecule has 4 rings (SSSR count). The molecular weight excluding hydrogens is 432 g/mol. The van der Waals surface area contributed by atoms with Crippen LogP contribution in [0.1, 0.15) is 44.9 Å². The highest BCUT2D eigenvalue weighted by molar-refractivity contribution is 6.33. The fraction of sp³-hybridized carbons (Fsp3) is 0.609. The molecule has 3 heterocycles. The van der Waals surface area contributed by atoms with Gasteiger partial charge in [0.05, 0.1) is 35.0 Å². The Morgan fingerprint density at radius 1 is 1.31 bits per heavy atom. The third kappa shape index (κ3) is 4.24. The van der Waals surface area contributed by atoms with Gasteiger partial charge < -0.3 is 20.0 Å². The minimum atomic E-state index is -1.17. The number of halogens is 1. The van der Waals surface area contributed by atoms with Crippen molar-refractivity contribution in [3.8, 4) is 12.3 Å². The van der Waals surface area contributed by atoms with Crippen LogP contribution < -0.4 is 9.80 Å². The molecule has 8 nitrogen and oxygen atoms in total. The number of terminal acetylenes is 1. The number of carbonyl (C=O) groups is 2. The lowest BCUT2D eigenvalue weighted by atomic mass is 9.78. The topological polar surface area (TPSA) is 97.2 Å². The number of rotatable bonds is 4. The summed E-state index contributed by atoms with van der Waals surface area (Å²) in [5, 5.41) is 19.5. The molecule has 2 amide bonds. The smallest absolute Gasteiger partial charge is 0.412 e. The molecule has 1 saturated carbocycles. The Morgan fingerprint density at radius 2 is 2.06 bits per heavy atom. The van der Waals surface area contributed by atoms with Crippen LogP contribution in [0.3, 0.4) is 0 Å². The maximum absolute atomic E-state index is 13.5. The van der Waals surface area contributed by atoms with E-state index in [0.29, 0.717) is 23.1 Å². The molecule has 0 bridgehead atoms. The summed E-state index contributed by atoms with van der Waals surface area (Å²) < 4.78 is 0. The summed E-state index contributed by atoms with van der Waals surface area (Å²) in [5.74, 6) is 3.10.